The quantitative estimate of drug-likeness (QED) is 0.650. The number of carboxylic acids is 1. The summed E-state index contributed by atoms with van der Waals surface area (Å²) in [5.41, 5.74) is 0. The second kappa shape index (κ2) is 8.52. The van der Waals surface area contributed by atoms with Gasteiger partial charge in [0, 0.05) is 19.2 Å². The average Bonchev–Trinajstić information content (AvgIpc) is 2.48. The van der Waals surface area contributed by atoms with E-state index in [0.717, 1.165) is 6.26 Å². The van der Waals surface area contributed by atoms with Crippen LogP contribution in [0.4, 0.5) is 0 Å². The minimum atomic E-state index is -3.23. The van der Waals surface area contributed by atoms with E-state index in [1.165, 1.54) is 19.1 Å². The first-order valence-electron chi connectivity index (χ1n) is 7.12. The van der Waals surface area contributed by atoms with Crippen LogP contribution in [-0.4, -0.2) is 44.8 Å². The molecule has 0 saturated carbocycles. The van der Waals surface area contributed by atoms with E-state index >= 15 is 0 Å². The lowest BCUT2D eigenvalue weighted by molar-refractivity contribution is -0.141. The summed E-state index contributed by atoms with van der Waals surface area (Å²) in [6, 6.07) is 6.05. The van der Waals surface area contributed by atoms with E-state index in [0.29, 0.717) is 18.8 Å². The molecule has 0 aliphatic carbocycles. The zero-order valence-electron chi connectivity index (χ0n) is 13.1. The van der Waals surface area contributed by atoms with Gasteiger partial charge in [0.25, 0.3) is 0 Å². The largest absolute Gasteiger partial charge is 0.494 e. The summed E-state index contributed by atoms with van der Waals surface area (Å²) in [6.45, 7) is 1.92. The molecule has 8 heteroatoms. The monoisotopic (exact) mass is 343 g/mol. The highest BCUT2D eigenvalue weighted by molar-refractivity contribution is 7.90. The van der Waals surface area contributed by atoms with Crippen LogP contribution in [-0.2, 0) is 19.4 Å². The summed E-state index contributed by atoms with van der Waals surface area (Å²) >= 11 is 0. The highest BCUT2D eigenvalue weighted by Crippen LogP contribution is 2.16. The maximum Gasteiger partial charge on any atom is 0.308 e. The summed E-state index contributed by atoms with van der Waals surface area (Å²) in [6.07, 6.45) is 1.83. The van der Waals surface area contributed by atoms with Crippen molar-refractivity contribution in [3.63, 3.8) is 0 Å². The van der Waals surface area contributed by atoms with Crippen LogP contribution in [0.2, 0.25) is 0 Å². The number of benzene rings is 1. The molecule has 2 N–H and O–H groups in total. The van der Waals surface area contributed by atoms with Crippen molar-refractivity contribution in [2.45, 2.75) is 24.7 Å². The van der Waals surface area contributed by atoms with Crippen molar-refractivity contribution < 1.29 is 27.9 Å². The van der Waals surface area contributed by atoms with Gasteiger partial charge in [-0.1, -0.05) is 6.92 Å². The maximum atomic E-state index is 11.5. The Labute approximate surface area is 135 Å². The van der Waals surface area contributed by atoms with E-state index in [4.69, 9.17) is 9.84 Å². The zero-order valence-corrected chi connectivity index (χ0v) is 13.9. The number of carbonyl (C=O) groups is 2. The lowest BCUT2D eigenvalue weighted by atomic mass is 10.2. The summed E-state index contributed by atoms with van der Waals surface area (Å²) in [5, 5.41) is 11.2. The number of carbonyl (C=O) groups excluding carboxylic acids is 1. The molecular weight excluding hydrogens is 322 g/mol. The van der Waals surface area contributed by atoms with Crippen LogP contribution in [0.1, 0.15) is 19.8 Å². The second-order valence-electron chi connectivity index (χ2n) is 5.24. The number of carboxylic acid groups (broad SMARTS) is 1. The van der Waals surface area contributed by atoms with Crippen LogP contribution in [0.5, 0.6) is 5.75 Å². The minimum Gasteiger partial charge on any atom is -0.494 e. The number of rotatable bonds is 9. The number of amides is 1. The molecule has 0 aromatic heterocycles. The molecule has 0 fully saturated rings. The van der Waals surface area contributed by atoms with Crippen LogP contribution in [0.25, 0.3) is 0 Å². The number of ether oxygens (including phenoxy) is 1. The fraction of sp³-hybridized carbons (Fsp3) is 0.467. The van der Waals surface area contributed by atoms with E-state index in [1.54, 1.807) is 12.1 Å². The molecule has 23 heavy (non-hydrogen) atoms. The normalized spacial score (nSPS) is 12.4. The van der Waals surface area contributed by atoms with Crippen LogP contribution < -0.4 is 10.1 Å². The molecule has 7 nitrogen and oxygen atoms in total. The topological polar surface area (TPSA) is 110 Å². The van der Waals surface area contributed by atoms with Gasteiger partial charge in [-0.3, -0.25) is 9.59 Å². The van der Waals surface area contributed by atoms with Crippen molar-refractivity contribution in [1.29, 1.82) is 0 Å². The van der Waals surface area contributed by atoms with E-state index < -0.39 is 21.7 Å². The highest BCUT2D eigenvalue weighted by Gasteiger charge is 2.12. The summed E-state index contributed by atoms with van der Waals surface area (Å²) in [5.74, 6) is -1.28. The van der Waals surface area contributed by atoms with Gasteiger partial charge in [0.1, 0.15) is 5.75 Å². The molecule has 128 valence electrons. The van der Waals surface area contributed by atoms with Crippen molar-refractivity contribution >= 4 is 21.7 Å². The molecule has 1 amide bonds. The Bertz CT molecular complexity index is 638. The Hall–Kier alpha value is -2.09. The van der Waals surface area contributed by atoms with E-state index in [9.17, 15) is 18.0 Å². The lowest BCUT2D eigenvalue weighted by Gasteiger charge is -2.09. The van der Waals surface area contributed by atoms with Gasteiger partial charge in [0.05, 0.1) is 17.4 Å². The van der Waals surface area contributed by atoms with Gasteiger partial charge in [-0.05, 0) is 30.7 Å². The first-order chi connectivity index (χ1) is 10.7. The lowest BCUT2D eigenvalue weighted by Crippen LogP contribution is -2.31. The Morgan fingerprint density at radius 1 is 1.26 bits per heavy atom. The Balaban J connectivity index is 2.27. The van der Waals surface area contributed by atoms with Gasteiger partial charge in [0.2, 0.25) is 5.91 Å². The molecule has 1 rings (SSSR count). The van der Waals surface area contributed by atoms with Crippen LogP contribution in [0, 0.1) is 5.92 Å². The molecule has 0 saturated heterocycles. The molecule has 1 aromatic carbocycles. The first-order valence-corrected chi connectivity index (χ1v) is 9.01. The van der Waals surface area contributed by atoms with E-state index in [1.807, 2.05) is 0 Å². The van der Waals surface area contributed by atoms with Gasteiger partial charge in [-0.2, -0.15) is 0 Å². The maximum absolute atomic E-state index is 11.5. The minimum absolute atomic E-state index is 0.0992. The third kappa shape index (κ3) is 7.14. The molecule has 0 aliphatic rings. The number of aliphatic carboxylic acids is 1. The standard InChI is InChI=1S/C15H21NO6S/c1-11(15(18)19)10-16-14(17)4-3-9-22-12-5-7-13(8-6-12)23(2,20)21/h5-8,11H,3-4,9-10H2,1-2H3,(H,16,17)(H,18,19). The van der Waals surface area contributed by atoms with Crippen molar-refractivity contribution in [2.75, 3.05) is 19.4 Å². The molecule has 0 heterocycles. The van der Waals surface area contributed by atoms with Gasteiger partial charge < -0.3 is 15.2 Å². The van der Waals surface area contributed by atoms with Gasteiger partial charge in [-0.15, -0.1) is 0 Å². The zero-order chi connectivity index (χ0) is 17.5. The van der Waals surface area contributed by atoms with Gasteiger partial charge in [0.15, 0.2) is 9.84 Å². The van der Waals surface area contributed by atoms with Crippen molar-refractivity contribution in [3.8, 4) is 5.75 Å². The van der Waals surface area contributed by atoms with Crippen molar-refractivity contribution in [2.24, 2.45) is 5.92 Å². The SMILES string of the molecule is CC(CNC(=O)CCCOc1ccc(S(C)(=O)=O)cc1)C(=O)O. The Kier molecular flexibility index (Phi) is 7.02. The Morgan fingerprint density at radius 3 is 2.39 bits per heavy atom. The molecule has 0 radical (unpaired) electrons. The fourth-order valence-electron chi connectivity index (χ4n) is 1.65. The van der Waals surface area contributed by atoms with Gasteiger partial charge in [-0.25, -0.2) is 8.42 Å². The number of hydrogen-bond acceptors (Lipinski definition) is 5. The summed E-state index contributed by atoms with van der Waals surface area (Å²) in [7, 11) is -3.23. The first kappa shape index (κ1) is 19.0. The summed E-state index contributed by atoms with van der Waals surface area (Å²) < 4.78 is 28.0. The third-order valence-corrected chi connectivity index (χ3v) is 4.22. The predicted octanol–water partition coefficient (Wildman–Crippen LogP) is 1.09. The third-order valence-electron chi connectivity index (χ3n) is 3.10. The molecule has 0 aliphatic heterocycles. The molecular formula is C15H21NO6S. The van der Waals surface area contributed by atoms with Crippen LogP contribution in [0.3, 0.4) is 0 Å². The molecule has 1 atom stereocenters. The number of nitrogens with one attached hydrogen (secondary N) is 1. The van der Waals surface area contributed by atoms with E-state index in [2.05, 4.69) is 5.32 Å². The molecule has 1 unspecified atom stereocenters. The van der Waals surface area contributed by atoms with Crippen molar-refractivity contribution in [3.05, 3.63) is 24.3 Å². The van der Waals surface area contributed by atoms with E-state index in [-0.39, 0.29) is 23.8 Å². The Morgan fingerprint density at radius 2 is 1.87 bits per heavy atom. The molecule has 0 spiro atoms. The fourth-order valence-corrected chi connectivity index (χ4v) is 2.28. The number of sulfone groups is 1. The molecule has 1 aromatic rings. The smallest absolute Gasteiger partial charge is 0.308 e. The number of hydrogen-bond donors (Lipinski definition) is 2. The second-order valence-corrected chi connectivity index (χ2v) is 7.25. The van der Waals surface area contributed by atoms with Gasteiger partial charge >= 0.3 is 5.97 Å². The van der Waals surface area contributed by atoms with Crippen molar-refractivity contribution in [1.82, 2.24) is 5.32 Å². The van der Waals surface area contributed by atoms with Crippen LogP contribution in [0.15, 0.2) is 29.2 Å². The summed E-state index contributed by atoms with van der Waals surface area (Å²) in [4.78, 5) is 22.3. The average molecular weight is 343 g/mol. The molecule has 0 bridgehead atoms. The van der Waals surface area contributed by atoms with Crippen LogP contribution >= 0.6 is 0 Å². The highest BCUT2D eigenvalue weighted by atomic mass is 32.2. The predicted molar refractivity (Wildman–Crippen MR) is 84.1 cm³/mol.